The molecule has 0 amide bonds. The van der Waals surface area contributed by atoms with Crippen molar-refractivity contribution >= 4 is 11.5 Å². The Balaban J connectivity index is 1.28. The lowest BCUT2D eigenvalue weighted by molar-refractivity contribution is 0.358. The minimum absolute atomic E-state index is 0.535. The van der Waals surface area contributed by atoms with Crippen LogP contribution >= 0.6 is 0 Å². The molecule has 0 bridgehead atoms. The van der Waals surface area contributed by atoms with Gasteiger partial charge in [0.1, 0.15) is 5.82 Å². The zero-order valence-corrected chi connectivity index (χ0v) is 15.4. The summed E-state index contributed by atoms with van der Waals surface area (Å²) in [6.07, 6.45) is 5.60. The minimum atomic E-state index is 0.535. The summed E-state index contributed by atoms with van der Waals surface area (Å²) >= 11 is 0. The molecule has 1 saturated carbocycles. The first-order chi connectivity index (χ1) is 12.7. The maximum atomic E-state index is 5.39. The molecule has 0 atom stereocenters. The molecule has 1 aliphatic carbocycles. The summed E-state index contributed by atoms with van der Waals surface area (Å²) in [6, 6.07) is 4.18. The molecule has 0 aromatic carbocycles. The molecule has 4 heterocycles. The van der Waals surface area contributed by atoms with Crippen molar-refractivity contribution in [1.29, 1.82) is 0 Å². The SMILES string of the molecule is Cc1cc(N2CCC(Cc3noc(C4CC4)n3)CC2)n2nc(C)cc2n1. The van der Waals surface area contributed by atoms with Gasteiger partial charge >= 0.3 is 0 Å². The van der Waals surface area contributed by atoms with Crippen molar-refractivity contribution in [3.05, 3.63) is 35.2 Å². The molecule has 1 saturated heterocycles. The predicted octanol–water partition coefficient (Wildman–Crippen LogP) is 3.07. The molecule has 0 unspecified atom stereocenters. The van der Waals surface area contributed by atoms with E-state index >= 15 is 0 Å². The van der Waals surface area contributed by atoms with E-state index in [0.29, 0.717) is 11.8 Å². The van der Waals surface area contributed by atoms with Crippen LogP contribution in [0, 0.1) is 19.8 Å². The molecule has 7 nitrogen and oxygen atoms in total. The van der Waals surface area contributed by atoms with E-state index in [-0.39, 0.29) is 0 Å². The number of hydrogen-bond donors (Lipinski definition) is 0. The Hall–Kier alpha value is -2.44. The Morgan fingerprint density at radius 2 is 1.85 bits per heavy atom. The fraction of sp³-hybridized carbons (Fsp3) is 0.579. The van der Waals surface area contributed by atoms with Crippen molar-refractivity contribution in [3.63, 3.8) is 0 Å². The normalized spacial score (nSPS) is 18.8. The lowest BCUT2D eigenvalue weighted by Gasteiger charge is -2.33. The van der Waals surface area contributed by atoms with Crippen molar-refractivity contribution in [1.82, 2.24) is 24.7 Å². The molecule has 5 rings (SSSR count). The molecule has 2 fully saturated rings. The Morgan fingerprint density at radius 1 is 1.04 bits per heavy atom. The van der Waals surface area contributed by atoms with E-state index in [1.807, 2.05) is 24.4 Å². The first-order valence-corrected chi connectivity index (χ1v) is 9.57. The van der Waals surface area contributed by atoms with E-state index in [1.54, 1.807) is 0 Å². The Kier molecular flexibility index (Phi) is 3.69. The molecule has 26 heavy (non-hydrogen) atoms. The third kappa shape index (κ3) is 2.95. The highest BCUT2D eigenvalue weighted by atomic mass is 16.5. The van der Waals surface area contributed by atoms with Gasteiger partial charge in [-0.25, -0.2) is 4.98 Å². The zero-order chi connectivity index (χ0) is 17.7. The Labute approximate surface area is 152 Å². The molecule has 0 N–H and O–H groups in total. The molecule has 136 valence electrons. The van der Waals surface area contributed by atoms with E-state index in [2.05, 4.69) is 31.2 Å². The lowest BCUT2D eigenvalue weighted by Crippen LogP contribution is -2.35. The monoisotopic (exact) mass is 352 g/mol. The minimum Gasteiger partial charge on any atom is -0.356 e. The number of rotatable bonds is 4. The van der Waals surface area contributed by atoms with Crippen LogP contribution in [0.2, 0.25) is 0 Å². The molecule has 3 aromatic heterocycles. The second-order valence-corrected chi connectivity index (χ2v) is 7.77. The number of piperidine rings is 1. The lowest BCUT2D eigenvalue weighted by atomic mass is 9.93. The van der Waals surface area contributed by atoms with E-state index in [0.717, 1.165) is 66.9 Å². The summed E-state index contributed by atoms with van der Waals surface area (Å²) < 4.78 is 7.37. The molecule has 1 aliphatic heterocycles. The first-order valence-electron chi connectivity index (χ1n) is 9.57. The number of fused-ring (bicyclic) bond motifs is 1. The van der Waals surface area contributed by atoms with Gasteiger partial charge in [-0.2, -0.15) is 14.6 Å². The van der Waals surface area contributed by atoms with Gasteiger partial charge in [0.05, 0.1) is 5.69 Å². The fourth-order valence-corrected chi connectivity index (χ4v) is 3.89. The van der Waals surface area contributed by atoms with E-state index in [4.69, 9.17) is 4.52 Å². The second kappa shape index (κ2) is 6.07. The molecule has 0 radical (unpaired) electrons. The zero-order valence-electron chi connectivity index (χ0n) is 15.4. The van der Waals surface area contributed by atoms with Gasteiger partial charge in [0.25, 0.3) is 0 Å². The first kappa shape index (κ1) is 15.8. The maximum absolute atomic E-state index is 5.39. The maximum Gasteiger partial charge on any atom is 0.229 e. The highest BCUT2D eigenvalue weighted by Gasteiger charge is 2.30. The van der Waals surface area contributed by atoms with Crippen molar-refractivity contribution in [3.8, 4) is 0 Å². The third-order valence-corrected chi connectivity index (χ3v) is 5.48. The van der Waals surface area contributed by atoms with Crippen LogP contribution in [0.15, 0.2) is 16.7 Å². The van der Waals surface area contributed by atoms with Crippen LogP contribution in [-0.2, 0) is 6.42 Å². The topological polar surface area (TPSA) is 72.4 Å². The van der Waals surface area contributed by atoms with Gasteiger partial charge in [0.15, 0.2) is 11.5 Å². The summed E-state index contributed by atoms with van der Waals surface area (Å²) in [4.78, 5) is 11.6. The van der Waals surface area contributed by atoms with Crippen LogP contribution in [0.25, 0.3) is 5.65 Å². The van der Waals surface area contributed by atoms with Crippen molar-refractivity contribution < 1.29 is 4.52 Å². The summed E-state index contributed by atoms with van der Waals surface area (Å²) in [5, 5.41) is 8.80. The quantitative estimate of drug-likeness (QED) is 0.718. The molecule has 3 aromatic rings. The summed E-state index contributed by atoms with van der Waals surface area (Å²) in [5.41, 5.74) is 2.97. The molecule has 2 aliphatic rings. The van der Waals surface area contributed by atoms with Crippen LogP contribution in [0.3, 0.4) is 0 Å². The largest absolute Gasteiger partial charge is 0.356 e. The summed E-state index contributed by atoms with van der Waals surface area (Å²) in [7, 11) is 0. The van der Waals surface area contributed by atoms with Gasteiger partial charge in [0, 0.05) is 43.3 Å². The molecular weight excluding hydrogens is 328 g/mol. The van der Waals surface area contributed by atoms with Crippen molar-refractivity contribution in [2.24, 2.45) is 5.92 Å². The fourth-order valence-electron chi connectivity index (χ4n) is 3.89. The van der Waals surface area contributed by atoms with Crippen LogP contribution in [0.1, 0.15) is 54.7 Å². The van der Waals surface area contributed by atoms with Gasteiger partial charge in [-0.15, -0.1) is 0 Å². The van der Waals surface area contributed by atoms with Crippen LogP contribution in [0.4, 0.5) is 5.82 Å². The van der Waals surface area contributed by atoms with E-state index in [1.165, 1.54) is 12.8 Å². The number of nitrogens with zero attached hydrogens (tertiary/aromatic N) is 6. The van der Waals surface area contributed by atoms with Crippen molar-refractivity contribution in [2.75, 3.05) is 18.0 Å². The van der Waals surface area contributed by atoms with Crippen LogP contribution in [0.5, 0.6) is 0 Å². The van der Waals surface area contributed by atoms with Gasteiger partial charge in [-0.3, -0.25) is 0 Å². The number of hydrogen-bond acceptors (Lipinski definition) is 6. The smallest absolute Gasteiger partial charge is 0.229 e. The Bertz CT molecular complexity index is 933. The highest BCUT2D eigenvalue weighted by molar-refractivity contribution is 5.52. The third-order valence-electron chi connectivity index (χ3n) is 5.48. The summed E-state index contributed by atoms with van der Waals surface area (Å²) in [5.74, 6) is 4.03. The van der Waals surface area contributed by atoms with Gasteiger partial charge < -0.3 is 9.42 Å². The Morgan fingerprint density at radius 3 is 2.62 bits per heavy atom. The van der Waals surface area contributed by atoms with Gasteiger partial charge in [0.2, 0.25) is 5.89 Å². The molecular formula is C19H24N6O. The van der Waals surface area contributed by atoms with Gasteiger partial charge in [-0.05, 0) is 45.4 Å². The number of anilines is 1. The van der Waals surface area contributed by atoms with E-state index < -0.39 is 0 Å². The van der Waals surface area contributed by atoms with Crippen LogP contribution < -0.4 is 4.90 Å². The highest BCUT2D eigenvalue weighted by Crippen LogP contribution is 2.39. The molecule has 0 spiro atoms. The van der Waals surface area contributed by atoms with Crippen LogP contribution in [-0.4, -0.2) is 37.8 Å². The predicted molar refractivity (Wildman–Crippen MR) is 97.4 cm³/mol. The number of aromatic nitrogens is 5. The standard InChI is InChI=1S/C19H24N6O/c1-12-10-18(25-17(20-12)9-13(2)22-25)24-7-5-14(6-8-24)11-16-21-19(26-23-16)15-3-4-15/h9-10,14-15H,3-8,11H2,1-2H3. The average Bonchev–Trinajstić information content (AvgIpc) is 3.26. The number of aryl methyl sites for hydroxylation is 2. The average molecular weight is 352 g/mol. The van der Waals surface area contributed by atoms with Crippen molar-refractivity contribution in [2.45, 2.75) is 51.9 Å². The summed E-state index contributed by atoms with van der Waals surface area (Å²) in [6.45, 7) is 6.11. The van der Waals surface area contributed by atoms with Gasteiger partial charge in [-0.1, -0.05) is 5.16 Å². The second-order valence-electron chi connectivity index (χ2n) is 7.77. The molecule has 7 heteroatoms. The van der Waals surface area contributed by atoms with E-state index in [9.17, 15) is 0 Å².